The number of likely N-dealkylation sites (tertiary alicyclic amines) is 1. The molecule has 1 aromatic rings. The molecular formula is C17H28IN3O2. The second-order valence-corrected chi connectivity index (χ2v) is 5.76. The minimum atomic E-state index is 0. The van der Waals surface area contributed by atoms with E-state index in [9.17, 15) is 0 Å². The Morgan fingerprint density at radius 3 is 2.78 bits per heavy atom. The summed E-state index contributed by atoms with van der Waals surface area (Å²) < 4.78 is 10.6. The number of nitrogens with one attached hydrogen (secondary N) is 1. The molecule has 0 aromatic heterocycles. The highest BCUT2D eigenvalue weighted by Crippen LogP contribution is 2.19. The van der Waals surface area contributed by atoms with Gasteiger partial charge in [0.1, 0.15) is 5.75 Å². The molecule has 130 valence electrons. The average molecular weight is 433 g/mol. The van der Waals surface area contributed by atoms with Crippen molar-refractivity contribution in [2.75, 3.05) is 41.0 Å². The summed E-state index contributed by atoms with van der Waals surface area (Å²) in [5.74, 6) is 2.49. The van der Waals surface area contributed by atoms with Crippen molar-refractivity contribution < 1.29 is 9.47 Å². The van der Waals surface area contributed by atoms with Crippen LogP contribution in [-0.4, -0.2) is 51.8 Å². The number of methoxy groups -OCH3 is 2. The lowest BCUT2D eigenvalue weighted by atomic mass is 10.1. The first-order chi connectivity index (χ1) is 10.7. The van der Waals surface area contributed by atoms with Crippen LogP contribution in [0.25, 0.3) is 0 Å². The number of ether oxygens (including phenoxy) is 2. The lowest BCUT2D eigenvalue weighted by molar-refractivity contribution is 0.157. The van der Waals surface area contributed by atoms with Crippen LogP contribution in [0.15, 0.2) is 23.2 Å². The molecule has 1 aromatic carbocycles. The lowest BCUT2D eigenvalue weighted by Crippen LogP contribution is -2.39. The van der Waals surface area contributed by atoms with Gasteiger partial charge in [0.25, 0.3) is 0 Å². The van der Waals surface area contributed by atoms with Crippen molar-refractivity contribution in [1.29, 1.82) is 0 Å². The van der Waals surface area contributed by atoms with E-state index in [0.29, 0.717) is 5.92 Å². The van der Waals surface area contributed by atoms with Crippen LogP contribution in [0.3, 0.4) is 0 Å². The van der Waals surface area contributed by atoms with Gasteiger partial charge in [-0.1, -0.05) is 12.1 Å². The Morgan fingerprint density at radius 2 is 2.17 bits per heavy atom. The van der Waals surface area contributed by atoms with Crippen LogP contribution >= 0.6 is 24.0 Å². The normalized spacial score (nSPS) is 17.8. The molecule has 0 saturated carbocycles. The summed E-state index contributed by atoms with van der Waals surface area (Å²) in [5.41, 5.74) is 2.38. The van der Waals surface area contributed by atoms with Crippen molar-refractivity contribution in [1.82, 2.24) is 10.2 Å². The molecule has 5 nitrogen and oxygen atoms in total. The van der Waals surface area contributed by atoms with Gasteiger partial charge in [0.05, 0.1) is 13.7 Å². The second-order valence-electron chi connectivity index (χ2n) is 5.76. The second kappa shape index (κ2) is 9.97. The van der Waals surface area contributed by atoms with E-state index in [2.05, 4.69) is 34.3 Å². The van der Waals surface area contributed by atoms with E-state index in [4.69, 9.17) is 9.47 Å². The Bertz CT molecular complexity index is 523. The number of halogens is 1. The van der Waals surface area contributed by atoms with Crippen LogP contribution in [-0.2, 0) is 11.3 Å². The maximum absolute atomic E-state index is 5.30. The average Bonchev–Trinajstić information content (AvgIpc) is 2.97. The molecule has 1 atom stereocenters. The number of aliphatic imine (C=N–C) groups is 1. The molecule has 0 amide bonds. The molecule has 1 heterocycles. The molecular weight excluding hydrogens is 405 g/mol. The quantitative estimate of drug-likeness (QED) is 0.441. The highest BCUT2D eigenvalue weighted by molar-refractivity contribution is 14.0. The first-order valence-electron chi connectivity index (χ1n) is 7.76. The maximum atomic E-state index is 5.30. The van der Waals surface area contributed by atoms with Crippen LogP contribution in [0, 0.1) is 12.8 Å². The van der Waals surface area contributed by atoms with Gasteiger partial charge in [0.15, 0.2) is 5.96 Å². The molecule has 1 N–H and O–H groups in total. The minimum Gasteiger partial charge on any atom is -0.496 e. The van der Waals surface area contributed by atoms with E-state index >= 15 is 0 Å². The van der Waals surface area contributed by atoms with Crippen LogP contribution in [0.2, 0.25) is 0 Å². The number of aryl methyl sites for hydroxylation is 1. The van der Waals surface area contributed by atoms with Gasteiger partial charge in [-0.25, -0.2) is 0 Å². The Balaban J connectivity index is 0.00000264. The van der Waals surface area contributed by atoms with Gasteiger partial charge < -0.3 is 19.7 Å². The smallest absolute Gasteiger partial charge is 0.193 e. The number of rotatable bonds is 5. The zero-order valence-electron chi connectivity index (χ0n) is 14.5. The van der Waals surface area contributed by atoms with Gasteiger partial charge in [0, 0.05) is 39.7 Å². The Morgan fingerprint density at radius 1 is 1.39 bits per heavy atom. The first kappa shape index (κ1) is 20.0. The summed E-state index contributed by atoms with van der Waals surface area (Å²) in [6.45, 7) is 5.70. The van der Waals surface area contributed by atoms with Gasteiger partial charge >= 0.3 is 0 Å². The summed E-state index contributed by atoms with van der Waals surface area (Å²) in [5, 5.41) is 3.45. The van der Waals surface area contributed by atoms with Gasteiger partial charge in [-0.3, -0.25) is 4.99 Å². The molecule has 1 aliphatic rings. The molecule has 1 saturated heterocycles. The van der Waals surface area contributed by atoms with Gasteiger partial charge in [-0.05, 0) is 30.5 Å². The molecule has 1 unspecified atom stereocenters. The van der Waals surface area contributed by atoms with Crippen molar-refractivity contribution >= 4 is 29.9 Å². The number of hydrogen-bond acceptors (Lipinski definition) is 3. The van der Waals surface area contributed by atoms with Crippen LogP contribution in [0.1, 0.15) is 17.5 Å². The molecule has 0 radical (unpaired) electrons. The largest absolute Gasteiger partial charge is 0.496 e. The predicted molar refractivity (Wildman–Crippen MR) is 105 cm³/mol. The SMILES string of the molecule is CN=C(NCc1ccc(OC)c(C)c1)N1CCC(COC)C1.I. The fourth-order valence-corrected chi connectivity index (χ4v) is 2.96. The number of nitrogens with zero attached hydrogens (tertiary/aromatic N) is 2. The van der Waals surface area contributed by atoms with Crippen LogP contribution in [0.5, 0.6) is 5.75 Å². The number of guanidine groups is 1. The fourth-order valence-electron chi connectivity index (χ4n) is 2.96. The zero-order chi connectivity index (χ0) is 15.9. The third kappa shape index (κ3) is 5.53. The Hall–Kier alpha value is -1.02. The van der Waals surface area contributed by atoms with Gasteiger partial charge in [0.2, 0.25) is 0 Å². The molecule has 0 aliphatic carbocycles. The number of benzene rings is 1. The van der Waals surface area contributed by atoms with E-state index in [-0.39, 0.29) is 24.0 Å². The summed E-state index contributed by atoms with van der Waals surface area (Å²) >= 11 is 0. The van der Waals surface area contributed by atoms with Gasteiger partial charge in [-0.15, -0.1) is 24.0 Å². The standard InChI is InChI=1S/C17H27N3O2.HI/c1-13-9-14(5-6-16(13)22-4)10-19-17(18-2)20-8-7-15(11-20)12-21-3;/h5-6,9,15H,7-8,10-12H2,1-4H3,(H,18,19);1H. The summed E-state index contributed by atoms with van der Waals surface area (Å²) in [4.78, 5) is 6.71. The third-order valence-corrected chi connectivity index (χ3v) is 4.11. The monoisotopic (exact) mass is 433 g/mol. The lowest BCUT2D eigenvalue weighted by Gasteiger charge is -2.22. The van der Waals surface area contributed by atoms with Crippen molar-refractivity contribution in [3.05, 3.63) is 29.3 Å². The molecule has 0 bridgehead atoms. The molecule has 23 heavy (non-hydrogen) atoms. The molecule has 2 rings (SSSR count). The number of hydrogen-bond donors (Lipinski definition) is 1. The van der Waals surface area contributed by atoms with E-state index in [1.165, 1.54) is 5.56 Å². The maximum Gasteiger partial charge on any atom is 0.193 e. The summed E-state index contributed by atoms with van der Waals surface area (Å²) in [7, 11) is 5.30. The highest BCUT2D eigenvalue weighted by Gasteiger charge is 2.24. The fraction of sp³-hybridized carbons (Fsp3) is 0.588. The minimum absolute atomic E-state index is 0. The van der Waals surface area contributed by atoms with E-state index in [0.717, 1.165) is 49.9 Å². The molecule has 1 fully saturated rings. The van der Waals surface area contributed by atoms with E-state index in [1.807, 2.05) is 13.1 Å². The van der Waals surface area contributed by atoms with E-state index < -0.39 is 0 Å². The van der Waals surface area contributed by atoms with Crippen molar-refractivity contribution in [3.63, 3.8) is 0 Å². The highest BCUT2D eigenvalue weighted by atomic mass is 127. The third-order valence-electron chi connectivity index (χ3n) is 4.11. The summed E-state index contributed by atoms with van der Waals surface area (Å²) in [6.07, 6.45) is 1.16. The Kier molecular flexibility index (Phi) is 8.68. The summed E-state index contributed by atoms with van der Waals surface area (Å²) in [6, 6.07) is 6.25. The molecule has 1 aliphatic heterocycles. The van der Waals surface area contributed by atoms with Crippen molar-refractivity contribution in [3.8, 4) is 5.75 Å². The topological polar surface area (TPSA) is 46.1 Å². The van der Waals surface area contributed by atoms with Crippen molar-refractivity contribution in [2.45, 2.75) is 19.9 Å². The van der Waals surface area contributed by atoms with Crippen LogP contribution in [0.4, 0.5) is 0 Å². The van der Waals surface area contributed by atoms with Crippen LogP contribution < -0.4 is 10.1 Å². The Labute approximate surface area is 156 Å². The predicted octanol–water partition coefficient (Wildman–Crippen LogP) is 2.67. The first-order valence-corrected chi connectivity index (χ1v) is 7.76. The zero-order valence-corrected chi connectivity index (χ0v) is 16.8. The molecule has 0 spiro atoms. The van der Waals surface area contributed by atoms with E-state index in [1.54, 1.807) is 14.2 Å². The van der Waals surface area contributed by atoms with Gasteiger partial charge in [-0.2, -0.15) is 0 Å². The van der Waals surface area contributed by atoms with Crippen molar-refractivity contribution in [2.24, 2.45) is 10.9 Å². The molecule has 6 heteroatoms.